The van der Waals surface area contributed by atoms with Gasteiger partial charge in [-0.15, -0.1) is 12.6 Å². The third-order valence-electron chi connectivity index (χ3n) is 3.14. The molecule has 0 unspecified atom stereocenters. The van der Waals surface area contributed by atoms with Crippen LogP contribution >= 0.6 is 12.6 Å². The highest BCUT2D eigenvalue weighted by Crippen LogP contribution is 2.32. The van der Waals surface area contributed by atoms with E-state index in [1.807, 2.05) is 26.0 Å². The highest BCUT2D eigenvalue weighted by atomic mass is 32.1. The van der Waals surface area contributed by atoms with Crippen molar-refractivity contribution >= 4 is 23.5 Å². The molecule has 0 aliphatic heterocycles. The van der Waals surface area contributed by atoms with Crippen molar-refractivity contribution in [2.45, 2.75) is 18.7 Å². The quantitative estimate of drug-likeness (QED) is 0.669. The summed E-state index contributed by atoms with van der Waals surface area (Å²) in [6, 6.07) is 7.14. The summed E-state index contributed by atoms with van der Waals surface area (Å²) in [5.74, 6) is 0.753. The fourth-order valence-electron chi connectivity index (χ4n) is 2.29. The van der Waals surface area contributed by atoms with E-state index in [-0.39, 0.29) is 5.56 Å². The highest BCUT2D eigenvalue weighted by molar-refractivity contribution is 7.80. The van der Waals surface area contributed by atoms with Gasteiger partial charge in [-0.1, -0.05) is 5.16 Å². The summed E-state index contributed by atoms with van der Waals surface area (Å²) in [5.41, 5.74) is 3.34. The molecule has 0 atom stereocenters. The van der Waals surface area contributed by atoms with Gasteiger partial charge in [0, 0.05) is 27.4 Å². The van der Waals surface area contributed by atoms with E-state index in [1.54, 1.807) is 6.07 Å². The molecule has 19 heavy (non-hydrogen) atoms. The molecular formula is C14H12N2O2S. The molecule has 0 aliphatic rings. The van der Waals surface area contributed by atoms with Crippen LogP contribution in [-0.4, -0.2) is 10.1 Å². The molecule has 2 aromatic heterocycles. The Labute approximate surface area is 114 Å². The van der Waals surface area contributed by atoms with E-state index in [1.165, 1.54) is 6.07 Å². The van der Waals surface area contributed by atoms with Gasteiger partial charge >= 0.3 is 0 Å². The lowest BCUT2D eigenvalue weighted by molar-refractivity contribution is 0.393. The van der Waals surface area contributed by atoms with Crippen LogP contribution in [-0.2, 0) is 0 Å². The van der Waals surface area contributed by atoms with Crippen LogP contribution in [0.25, 0.3) is 22.0 Å². The molecule has 1 N–H and O–H groups in total. The minimum atomic E-state index is -0.129. The molecule has 96 valence electrons. The Bertz CT molecular complexity index is 814. The summed E-state index contributed by atoms with van der Waals surface area (Å²) >= 11 is 4.48. The third-order valence-corrected chi connectivity index (χ3v) is 3.51. The van der Waals surface area contributed by atoms with Crippen molar-refractivity contribution < 1.29 is 4.52 Å². The van der Waals surface area contributed by atoms with Gasteiger partial charge in [0.2, 0.25) is 5.56 Å². The number of aromatic amines is 1. The summed E-state index contributed by atoms with van der Waals surface area (Å²) in [6.07, 6.45) is 0. The second-order valence-corrected chi connectivity index (χ2v) is 4.96. The maximum absolute atomic E-state index is 11.4. The average Bonchev–Trinajstić information content (AvgIpc) is 2.68. The number of fused-ring (bicyclic) bond motifs is 1. The summed E-state index contributed by atoms with van der Waals surface area (Å²) in [7, 11) is 0. The molecule has 1 aromatic carbocycles. The molecule has 0 fully saturated rings. The summed E-state index contributed by atoms with van der Waals surface area (Å²) in [4.78, 5) is 15.0. The van der Waals surface area contributed by atoms with Gasteiger partial charge in [0.1, 0.15) is 5.76 Å². The molecule has 0 bridgehead atoms. The fraction of sp³-hybridized carbons (Fsp3) is 0.143. The van der Waals surface area contributed by atoms with Crippen LogP contribution in [0.4, 0.5) is 0 Å². The Morgan fingerprint density at radius 1 is 1.26 bits per heavy atom. The maximum atomic E-state index is 11.4. The van der Waals surface area contributed by atoms with Crippen molar-refractivity contribution in [3.63, 3.8) is 0 Å². The minimum Gasteiger partial charge on any atom is -0.361 e. The molecule has 0 aliphatic carbocycles. The minimum absolute atomic E-state index is 0.129. The standard InChI is InChI=1S/C14H12N2O2S/c1-7-14(8(2)18-16-7)9-5-11-10(12(19)6-9)3-4-13(17)15-11/h3-6,19H,1-2H3,(H,15,17). The first-order chi connectivity index (χ1) is 9.06. The molecular weight excluding hydrogens is 260 g/mol. The number of aromatic nitrogens is 2. The van der Waals surface area contributed by atoms with E-state index in [2.05, 4.69) is 22.8 Å². The number of thiol groups is 1. The molecule has 3 rings (SSSR count). The number of nitrogens with one attached hydrogen (secondary N) is 1. The SMILES string of the molecule is Cc1noc(C)c1-c1cc(S)c2ccc(=O)[nH]c2c1. The zero-order chi connectivity index (χ0) is 13.6. The van der Waals surface area contributed by atoms with Crippen LogP contribution in [0.2, 0.25) is 0 Å². The van der Waals surface area contributed by atoms with Crippen molar-refractivity contribution in [2.24, 2.45) is 0 Å². The first-order valence-corrected chi connectivity index (χ1v) is 6.30. The summed E-state index contributed by atoms with van der Waals surface area (Å²) < 4.78 is 5.18. The Hall–Kier alpha value is -2.01. The zero-order valence-electron chi connectivity index (χ0n) is 10.5. The Morgan fingerprint density at radius 2 is 2.05 bits per heavy atom. The summed E-state index contributed by atoms with van der Waals surface area (Å²) in [5, 5.41) is 4.86. The number of pyridine rings is 1. The van der Waals surface area contributed by atoms with Crippen molar-refractivity contribution in [2.75, 3.05) is 0 Å². The topological polar surface area (TPSA) is 58.9 Å². The lowest BCUT2D eigenvalue weighted by Crippen LogP contribution is -2.02. The fourth-order valence-corrected chi connectivity index (χ4v) is 2.62. The van der Waals surface area contributed by atoms with Gasteiger partial charge in [0.15, 0.2) is 0 Å². The Kier molecular flexibility index (Phi) is 2.71. The molecule has 4 nitrogen and oxygen atoms in total. The van der Waals surface area contributed by atoms with E-state index < -0.39 is 0 Å². The predicted octanol–water partition coefficient (Wildman–Crippen LogP) is 3.09. The van der Waals surface area contributed by atoms with Crippen LogP contribution < -0.4 is 5.56 Å². The van der Waals surface area contributed by atoms with Crippen molar-refractivity contribution in [3.05, 3.63) is 46.1 Å². The molecule has 0 saturated heterocycles. The van der Waals surface area contributed by atoms with Crippen LogP contribution in [0.5, 0.6) is 0 Å². The van der Waals surface area contributed by atoms with Gasteiger partial charge in [-0.25, -0.2) is 0 Å². The van der Waals surface area contributed by atoms with Gasteiger partial charge < -0.3 is 9.51 Å². The van der Waals surface area contributed by atoms with Crippen LogP contribution in [0.3, 0.4) is 0 Å². The largest absolute Gasteiger partial charge is 0.361 e. The number of benzene rings is 1. The van der Waals surface area contributed by atoms with Gasteiger partial charge in [0.05, 0.1) is 5.69 Å². The normalized spacial score (nSPS) is 11.1. The van der Waals surface area contributed by atoms with Gasteiger partial charge in [0.25, 0.3) is 0 Å². The Morgan fingerprint density at radius 3 is 2.74 bits per heavy atom. The molecule has 0 spiro atoms. The molecule has 5 heteroatoms. The highest BCUT2D eigenvalue weighted by Gasteiger charge is 2.13. The lowest BCUT2D eigenvalue weighted by atomic mass is 10.0. The number of hydrogen-bond acceptors (Lipinski definition) is 4. The van der Waals surface area contributed by atoms with Gasteiger partial charge in [-0.3, -0.25) is 4.79 Å². The van der Waals surface area contributed by atoms with E-state index in [0.29, 0.717) is 0 Å². The first-order valence-electron chi connectivity index (χ1n) is 5.85. The van der Waals surface area contributed by atoms with Crippen LogP contribution in [0.15, 0.2) is 38.5 Å². The summed E-state index contributed by atoms with van der Waals surface area (Å²) in [6.45, 7) is 3.76. The predicted molar refractivity (Wildman–Crippen MR) is 76.8 cm³/mol. The monoisotopic (exact) mass is 272 g/mol. The molecule has 0 saturated carbocycles. The second-order valence-electron chi connectivity index (χ2n) is 4.48. The van der Waals surface area contributed by atoms with E-state index >= 15 is 0 Å². The van der Waals surface area contributed by atoms with E-state index in [9.17, 15) is 4.79 Å². The number of H-pyrrole nitrogens is 1. The number of aryl methyl sites for hydroxylation is 2. The van der Waals surface area contributed by atoms with E-state index in [0.717, 1.165) is 38.4 Å². The molecule has 0 amide bonds. The average molecular weight is 272 g/mol. The van der Waals surface area contributed by atoms with E-state index in [4.69, 9.17) is 4.52 Å². The first kappa shape index (κ1) is 12.0. The smallest absolute Gasteiger partial charge is 0.248 e. The maximum Gasteiger partial charge on any atom is 0.248 e. The number of hydrogen-bond donors (Lipinski definition) is 2. The van der Waals surface area contributed by atoms with Crippen LogP contribution in [0.1, 0.15) is 11.5 Å². The number of rotatable bonds is 1. The Balaban J connectivity index is 2.35. The zero-order valence-corrected chi connectivity index (χ0v) is 11.4. The molecule has 3 aromatic rings. The van der Waals surface area contributed by atoms with Crippen molar-refractivity contribution in [1.82, 2.24) is 10.1 Å². The molecule has 0 radical (unpaired) electrons. The third kappa shape index (κ3) is 1.96. The van der Waals surface area contributed by atoms with Gasteiger partial charge in [-0.2, -0.15) is 0 Å². The second kappa shape index (κ2) is 4.28. The molecule has 2 heterocycles. The number of nitrogens with zero attached hydrogens (tertiary/aromatic N) is 1. The van der Waals surface area contributed by atoms with Crippen LogP contribution in [0, 0.1) is 13.8 Å². The van der Waals surface area contributed by atoms with Crippen molar-refractivity contribution in [3.8, 4) is 11.1 Å². The van der Waals surface area contributed by atoms with Gasteiger partial charge in [-0.05, 0) is 37.6 Å². The lowest BCUT2D eigenvalue weighted by Gasteiger charge is -2.06. The van der Waals surface area contributed by atoms with Crippen molar-refractivity contribution in [1.29, 1.82) is 0 Å².